The first-order valence-electron chi connectivity index (χ1n) is 9.22. The predicted molar refractivity (Wildman–Crippen MR) is 91.4 cm³/mol. The van der Waals surface area contributed by atoms with E-state index in [1.54, 1.807) is 13.8 Å². The Morgan fingerprint density at radius 1 is 1.36 bits per heavy atom. The van der Waals surface area contributed by atoms with Gasteiger partial charge in [-0.15, -0.1) is 0 Å². The molecule has 0 spiro atoms. The Morgan fingerprint density at radius 2 is 2.12 bits per heavy atom. The van der Waals surface area contributed by atoms with Gasteiger partial charge in [-0.1, -0.05) is 13.3 Å². The number of aliphatic hydroxyl groups excluding tert-OH is 2. The van der Waals surface area contributed by atoms with Crippen molar-refractivity contribution < 1.29 is 19.9 Å². The van der Waals surface area contributed by atoms with E-state index in [2.05, 4.69) is 22.0 Å². The van der Waals surface area contributed by atoms with Gasteiger partial charge in [0.15, 0.2) is 0 Å². The van der Waals surface area contributed by atoms with Gasteiger partial charge in [0.1, 0.15) is 17.6 Å². The first-order valence-corrected chi connectivity index (χ1v) is 8.81. The summed E-state index contributed by atoms with van der Waals surface area (Å²) in [4.78, 5) is 19.0. The Morgan fingerprint density at radius 3 is 2.76 bits per heavy atom. The monoisotopic (exact) mass is 355 g/mol. The average molecular weight is 355 g/mol. The quantitative estimate of drug-likeness (QED) is 0.396. The summed E-state index contributed by atoms with van der Waals surface area (Å²) in [6.07, 6.45) is 2.73. The summed E-state index contributed by atoms with van der Waals surface area (Å²) in [6, 6.07) is 0. The zero-order chi connectivity index (χ0) is 19.3. The van der Waals surface area contributed by atoms with Crippen molar-refractivity contribution in [1.82, 2.24) is 9.97 Å². The van der Waals surface area contributed by atoms with Gasteiger partial charge in [0.2, 0.25) is 1.43 Å². The van der Waals surface area contributed by atoms with Crippen molar-refractivity contribution in [3.63, 3.8) is 0 Å². The Hall–Kier alpha value is -1.80. The molecule has 8 heteroatoms. The summed E-state index contributed by atoms with van der Waals surface area (Å²) in [5.74, 6) is 0.453. The van der Waals surface area contributed by atoms with Crippen molar-refractivity contribution in [2.45, 2.75) is 65.1 Å². The minimum Gasteiger partial charge on any atom is -0.466 e. The first-order chi connectivity index (χ1) is 12.4. The Bertz CT molecular complexity index is 631. The Balaban J connectivity index is 2.24. The van der Waals surface area contributed by atoms with Crippen LogP contribution < -0.4 is 4.74 Å². The second-order valence-corrected chi connectivity index (χ2v) is 6.73. The predicted octanol–water partition coefficient (Wildman–Crippen LogP) is 2.32. The van der Waals surface area contributed by atoms with Crippen LogP contribution in [0.15, 0.2) is 0 Å². The van der Waals surface area contributed by atoms with E-state index in [0.29, 0.717) is 18.9 Å². The molecule has 4 atom stereocenters. The molecule has 0 amide bonds. The largest absolute Gasteiger partial charge is 0.466 e. The molecule has 0 aromatic carbocycles. The summed E-state index contributed by atoms with van der Waals surface area (Å²) < 4.78 is 12.7. The molecule has 1 aromatic rings. The highest BCUT2D eigenvalue weighted by Gasteiger charge is 2.44. The van der Waals surface area contributed by atoms with E-state index in [1.807, 2.05) is 0 Å². The Labute approximate surface area is 148 Å². The van der Waals surface area contributed by atoms with Crippen molar-refractivity contribution in [3.8, 4) is 5.88 Å². The van der Waals surface area contributed by atoms with E-state index in [1.165, 1.54) is 0 Å². The molecule has 2 rings (SSSR count). The van der Waals surface area contributed by atoms with Crippen LogP contribution >= 0.6 is 0 Å². The average Bonchev–Trinajstić information content (AvgIpc) is 2.83. The number of aliphatic hydroxyl groups is 2. The summed E-state index contributed by atoms with van der Waals surface area (Å²) in [7, 11) is 0. The maximum absolute atomic E-state index is 11.4. The van der Waals surface area contributed by atoms with Crippen LogP contribution in [0.3, 0.4) is 0 Å². The highest BCUT2D eigenvalue weighted by atomic mass is 16.6. The third-order valence-corrected chi connectivity index (χ3v) is 4.84. The number of ether oxygens (including phenoxy) is 1. The summed E-state index contributed by atoms with van der Waals surface area (Å²) in [5.41, 5.74) is 0.00489. The van der Waals surface area contributed by atoms with Crippen molar-refractivity contribution in [2.75, 3.05) is 6.61 Å². The van der Waals surface area contributed by atoms with Gasteiger partial charge in [0.25, 0.3) is 5.88 Å². The van der Waals surface area contributed by atoms with Crippen LogP contribution in [-0.2, 0) is 0 Å². The molecule has 1 aliphatic rings. The topological polar surface area (TPSA) is 119 Å². The van der Waals surface area contributed by atoms with Crippen LogP contribution in [0, 0.1) is 35.8 Å². The van der Waals surface area contributed by atoms with Crippen LogP contribution in [0.5, 0.6) is 5.88 Å². The molecule has 140 valence electrons. The fraction of sp³-hybridized carbons (Fsp3) is 0.765. The molecule has 1 aliphatic carbocycles. The SMILES string of the molecule is [3H]OCCC[C@H]1C[C@H](CCC)[C@H](Oc2nc(C)nc(C)c2[N+](=O)[O-])[C@@H]1O. The van der Waals surface area contributed by atoms with Gasteiger partial charge in [-0.2, -0.15) is 4.98 Å². The van der Waals surface area contributed by atoms with Crippen LogP contribution in [0.1, 0.15) is 50.5 Å². The van der Waals surface area contributed by atoms with E-state index in [0.717, 1.165) is 25.7 Å². The molecule has 8 nitrogen and oxygen atoms in total. The maximum atomic E-state index is 11.4. The van der Waals surface area contributed by atoms with Gasteiger partial charge in [0, 0.05) is 6.61 Å². The standard InChI is InChI=1S/C17H27N3O5/c1-4-6-13-9-12(7-5-8-21)15(22)16(13)25-17-14(20(23)24)10(2)18-11(3)19-17/h12-13,15-16,21-22H,4-9H2,1-3H3/t12-,13-,15+,16-/m0/s1/i21T. The van der Waals surface area contributed by atoms with Gasteiger partial charge in [0.05, 0.1) is 11.0 Å². The lowest BCUT2D eigenvalue weighted by molar-refractivity contribution is -0.387. The molecule has 1 aromatic heterocycles. The highest BCUT2D eigenvalue weighted by Crippen LogP contribution is 2.40. The zero-order valence-corrected chi connectivity index (χ0v) is 15.0. The van der Waals surface area contributed by atoms with Gasteiger partial charge in [-0.3, -0.25) is 10.1 Å². The fourth-order valence-corrected chi connectivity index (χ4v) is 3.76. The number of aryl methyl sites for hydroxylation is 2. The molecule has 0 aliphatic heterocycles. The second-order valence-electron chi connectivity index (χ2n) is 6.73. The van der Waals surface area contributed by atoms with Gasteiger partial charge in [-0.25, -0.2) is 4.98 Å². The number of hydrogen-bond acceptors (Lipinski definition) is 7. The fourth-order valence-electron chi connectivity index (χ4n) is 3.76. The third-order valence-electron chi connectivity index (χ3n) is 4.84. The molecule has 2 N–H and O–H groups in total. The highest BCUT2D eigenvalue weighted by molar-refractivity contribution is 5.45. The van der Waals surface area contributed by atoms with Crippen LogP contribution in [0.2, 0.25) is 0 Å². The number of hydrogen-bond donors (Lipinski definition) is 2. The molecule has 25 heavy (non-hydrogen) atoms. The number of rotatable bonds is 9. The maximum Gasteiger partial charge on any atom is 0.351 e. The molecule has 0 bridgehead atoms. The van der Waals surface area contributed by atoms with E-state index in [4.69, 9.17) is 6.17 Å². The minimum atomic E-state index is -0.729. The molecule has 0 unspecified atom stereocenters. The molecule has 0 radical (unpaired) electrons. The summed E-state index contributed by atoms with van der Waals surface area (Å²) in [5, 5.41) is 26.5. The van der Waals surface area contributed by atoms with Gasteiger partial charge < -0.3 is 15.0 Å². The van der Waals surface area contributed by atoms with Crippen molar-refractivity contribution in [3.05, 3.63) is 21.6 Å². The van der Waals surface area contributed by atoms with E-state index < -0.39 is 17.1 Å². The minimum absolute atomic E-state index is 0.0230. The summed E-state index contributed by atoms with van der Waals surface area (Å²) in [6.45, 7) is 5.59. The normalized spacial score (nSPS) is 26.5. The number of nitro groups is 1. The molecule has 1 heterocycles. The lowest BCUT2D eigenvalue weighted by Gasteiger charge is -2.23. The van der Waals surface area contributed by atoms with Crippen molar-refractivity contribution in [2.24, 2.45) is 11.8 Å². The van der Waals surface area contributed by atoms with Crippen molar-refractivity contribution >= 4 is 5.69 Å². The van der Waals surface area contributed by atoms with Gasteiger partial charge in [-0.05, 0) is 51.4 Å². The first kappa shape index (κ1) is 18.0. The zero-order valence-electron chi connectivity index (χ0n) is 16.0. The van der Waals surface area contributed by atoms with E-state index >= 15 is 0 Å². The third kappa shape index (κ3) is 4.43. The van der Waals surface area contributed by atoms with E-state index in [-0.39, 0.29) is 29.1 Å². The number of aromatic nitrogens is 2. The second kappa shape index (κ2) is 8.53. The molecule has 1 saturated carbocycles. The van der Waals surface area contributed by atoms with Crippen LogP contribution in [0.4, 0.5) is 5.69 Å². The summed E-state index contributed by atoms with van der Waals surface area (Å²) >= 11 is 0. The Kier molecular flexibility index (Phi) is 6.14. The molecular weight excluding hydrogens is 326 g/mol. The number of nitrogens with zero attached hydrogens (tertiary/aromatic N) is 3. The smallest absolute Gasteiger partial charge is 0.351 e. The molecular formula is C17H27N3O5. The molecule has 0 saturated heterocycles. The van der Waals surface area contributed by atoms with Crippen LogP contribution in [-0.4, -0.2) is 45.4 Å². The lowest BCUT2D eigenvalue weighted by atomic mass is 9.97. The van der Waals surface area contributed by atoms with E-state index in [9.17, 15) is 15.2 Å². The van der Waals surface area contributed by atoms with Crippen LogP contribution in [0.25, 0.3) is 0 Å². The molecule has 1 fully saturated rings. The van der Waals surface area contributed by atoms with Gasteiger partial charge >= 0.3 is 5.69 Å². The lowest BCUT2D eigenvalue weighted by Crippen LogP contribution is -2.34. The van der Waals surface area contributed by atoms with Crippen molar-refractivity contribution in [1.29, 1.82) is 1.43 Å².